The standard InChI is InChI=1S/C23H28Cl2N4O4/c1-32-20-11-19(26)18(25)10-16(20)22(30)28-12-14-6-8-29(9-7-14)13-21(33-23(27)31)15-4-2-3-5-17(15)24/h2-5,10-11,14,21H,6-9,12-13,26H2,1H3,(H2,27,31)(H,28,30). The SMILES string of the molecule is COc1cc(N)c(Cl)cc1C(=O)NCC1CCN(CC(OC(N)=O)c2ccccc2Cl)CC1. The molecule has 1 aliphatic rings. The number of likely N-dealkylation sites (tertiary alicyclic amines) is 1. The minimum Gasteiger partial charge on any atom is -0.496 e. The Kier molecular flexibility index (Phi) is 8.66. The number of methoxy groups -OCH3 is 1. The van der Waals surface area contributed by atoms with Crippen LogP contribution in [0.3, 0.4) is 0 Å². The molecule has 10 heteroatoms. The van der Waals surface area contributed by atoms with Crippen molar-refractivity contribution in [3.63, 3.8) is 0 Å². The van der Waals surface area contributed by atoms with Crippen LogP contribution in [0, 0.1) is 5.92 Å². The summed E-state index contributed by atoms with van der Waals surface area (Å²) in [5, 5.41) is 3.80. The Morgan fingerprint density at radius 1 is 1.18 bits per heavy atom. The molecule has 0 bridgehead atoms. The molecule has 178 valence electrons. The zero-order chi connectivity index (χ0) is 24.0. The largest absolute Gasteiger partial charge is 0.496 e. The van der Waals surface area contributed by atoms with Crippen molar-refractivity contribution in [3.8, 4) is 5.75 Å². The van der Waals surface area contributed by atoms with Crippen LogP contribution in [-0.4, -0.2) is 50.2 Å². The normalized spacial score (nSPS) is 15.6. The molecule has 33 heavy (non-hydrogen) atoms. The zero-order valence-corrected chi connectivity index (χ0v) is 19.9. The fourth-order valence-corrected chi connectivity index (χ4v) is 4.35. The lowest BCUT2D eigenvalue weighted by Gasteiger charge is -2.34. The van der Waals surface area contributed by atoms with E-state index in [2.05, 4.69) is 10.2 Å². The van der Waals surface area contributed by atoms with Gasteiger partial charge in [0.15, 0.2) is 0 Å². The Bertz CT molecular complexity index is 996. The lowest BCUT2D eigenvalue weighted by atomic mass is 9.96. The van der Waals surface area contributed by atoms with Gasteiger partial charge in [0.2, 0.25) is 0 Å². The lowest BCUT2D eigenvalue weighted by Crippen LogP contribution is -2.41. The highest BCUT2D eigenvalue weighted by atomic mass is 35.5. The Morgan fingerprint density at radius 3 is 2.52 bits per heavy atom. The first-order valence-corrected chi connectivity index (χ1v) is 11.4. The smallest absolute Gasteiger partial charge is 0.405 e. The average molecular weight is 495 g/mol. The molecular weight excluding hydrogens is 467 g/mol. The second-order valence-electron chi connectivity index (χ2n) is 7.98. The first kappa shape index (κ1) is 25.0. The topological polar surface area (TPSA) is 120 Å². The van der Waals surface area contributed by atoms with Crippen LogP contribution in [-0.2, 0) is 4.74 Å². The molecule has 5 N–H and O–H groups in total. The fourth-order valence-electron chi connectivity index (χ4n) is 3.93. The maximum absolute atomic E-state index is 12.7. The fraction of sp³-hybridized carbons (Fsp3) is 0.391. The quantitative estimate of drug-likeness (QED) is 0.479. The van der Waals surface area contributed by atoms with Gasteiger partial charge in [-0.3, -0.25) is 9.69 Å². The van der Waals surface area contributed by atoms with E-state index in [1.807, 2.05) is 18.2 Å². The predicted molar refractivity (Wildman–Crippen MR) is 129 cm³/mol. The third-order valence-electron chi connectivity index (χ3n) is 5.76. The van der Waals surface area contributed by atoms with Gasteiger partial charge in [-0.25, -0.2) is 4.79 Å². The van der Waals surface area contributed by atoms with Gasteiger partial charge in [-0.2, -0.15) is 0 Å². The van der Waals surface area contributed by atoms with E-state index in [-0.39, 0.29) is 5.91 Å². The molecule has 1 saturated heterocycles. The predicted octanol–water partition coefficient (Wildman–Crippen LogP) is 3.86. The number of nitrogens with one attached hydrogen (secondary N) is 1. The van der Waals surface area contributed by atoms with E-state index in [1.54, 1.807) is 12.1 Å². The van der Waals surface area contributed by atoms with Crippen LogP contribution >= 0.6 is 23.2 Å². The number of nitrogens with zero attached hydrogens (tertiary/aromatic N) is 1. The van der Waals surface area contributed by atoms with Gasteiger partial charge in [-0.15, -0.1) is 0 Å². The highest BCUT2D eigenvalue weighted by molar-refractivity contribution is 6.33. The summed E-state index contributed by atoms with van der Waals surface area (Å²) in [5.41, 5.74) is 12.5. The summed E-state index contributed by atoms with van der Waals surface area (Å²) >= 11 is 12.4. The Labute approximate surface area is 203 Å². The number of piperidine rings is 1. The highest BCUT2D eigenvalue weighted by Gasteiger charge is 2.26. The molecule has 1 atom stereocenters. The molecule has 1 unspecified atom stereocenters. The molecule has 2 aromatic rings. The van der Waals surface area contributed by atoms with Gasteiger partial charge < -0.3 is 26.3 Å². The second kappa shape index (κ2) is 11.4. The first-order valence-electron chi connectivity index (χ1n) is 10.6. The summed E-state index contributed by atoms with van der Waals surface area (Å²) in [5.74, 6) is 0.436. The van der Waals surface area contributed by atoms with E-state index in [1.165, 1.54) is 13.2 Å². The van der Waals surface area contributed by atoms with Crippen LogP contribution in [0.1, 0.15) is 34.9 Å². The number of rotatable bonds is 8. The molecule has 0 aromatic heterocycles. The number of amides is 2. The molecule has 3 rings (SSSR count). The number of anilines is 1. The minimum atomic E-state index is -0.837. The average Bonchev–Trinajstić information content (AvgIpc) is 2.79. The van der Waals surface area contributed by atoms with Gasteiger partial charge in [0.1, 0.15) is 11.9 Å². The van der Waals surface area contributed by atoms with E-state index >= 15 is 0 Å². The lowest BCUT2D eigenvalue weighted by molar-refractivity contribution is 0.0633. The van der Waals surface area contributed by atoms with Crippen LogP contribution in [0.5, 0.6) is 5.75 Å². The summed E-state index contributed by atoms with van der Waals surface area (Å²) in [4.78, 5) is 26.3. The molecule has 0 aliphatic carbocycles. The van der Waals surface area contributed by atoms with Gasteiger partial charge in [0, 0.05) is 29.7 Å². The van der Waals surface area contributed by atoms with Gasteiger partial charge in [0.25, 0.3) is 5.91 Å². The maximum Gasteiger partial charge on any atom is 0.405 e. The van der Waals surface area contributed by atoms with E-state index in [0.29, 0.717) is 46.1 Å². The van der Waals surface area contributed by atoms with Crippen molar-refractivity contribution in [3.05, 3.63) is 57.6 Å². The van der Waals surface area contributed by atoms with Gasteiger partial charge in [0.05, 0.1) is 23.4 Å². The highest BCUT2D eigenvalue weighted by Crippen LogP contribution is 2.30. The Morgan fingerprint density at radius 2 is 1.88 bits per heavy atom. The first-order chi connectivity index (χ1) is 15.8. The number of nitrogens with two attached hydrogens (primary N) is 2. The Hall–Kier alpha value is -2.68. The number of primary amides is 1. The molecular formula is C23H28Cl2N4O4. The Balaban J connectivity index is 1.53. The van der Waals surface area contributed by atoms with Crippen LogP contribution in [0.15, 0.2) is 36.4 Å². The van der Waals surface area contributed by atoms with Crippen LogP contribution in [0.4, 0.5) is 10.5 Å². The molecule has 2 amide bonds. The van der Waals surface area contributed by atoms with Crippen LogP contribution < -0.4 is 21.5 Å². The molecule has 1 heterocycles. The van der Waals surface area contributed by atoms with Gasteiger partial charge in [-0.05, 0) is 44.0 Å². The number of hydrogen-bond donors (Lipinski definition) is 3. The number of carbonyl (C=O) groups is 2. The van der Waals surface area contributed by atoms with Crippen molar-refractivity contribution in [1.82, 2.24) is 10.2 Å². The number of ether oxygens (including phenoxy) is 2. The minimum absolute atomic E-state index is 0.259. The number of nitrogen functional groups attached to an aromatic ring is 1. The van der Waals surface area contributed by atoms with Crippen LogP contribution in [0.2, 0.25) is 10.0 Å². The number of halogens is 2. The van der Waals surface area contributed by atoms with Crippen molar-refractivity contribution in [2.45, 2.75) is 18.9 Å². The molecule has 0 spiro atoms. The third kappa shape index (κ3) is 6.66. The molecule has 8 nitrogen and oxygen atoms in total. The van der Waals surface area contributed by atoms with Crippen molar-refractivity contribution in [2.75, 3.05) is 39.0 Å². The maximum atomic E-state index is 12.7. The van der Waals surface area contributed by atoms with Crippen molar-refractivity contribution < 1.29 is 19.1 Å². The summed E-state index contributed by atoms with van der Waals surface area (Å²) in [7, 11) is 1.48. The van der Waals surface area contributed by atoms with E-state index in [0.717, 1.165) is 31.5 Å². The number of benzene rings is 2. The van der Waals surface area contributed by atoms with E-state index < -0.39 is 12.2 Å². The molecule has 1 fully saturated rings. The summed E-state index contributed by atoms with van der Waals surface area (Å²) in [6.45, 7) is 2.61. The van der Waals surface area contributed by atoms with Crippen molar-refractivity contribution in [2.24, 2.45) is 11.7 Å². The van der Waals surface area contributed by atoms with Gasteiger partial charge >= 0.3 is 6.09 Å². The number of carbonyl (C=O) groups excluding carboxylic acids is 2. The van der Waals surface area contributed by atoms with Crippen LogP contribution in [0.25, 0.3) is 0 Å². The number of hydrogen-bond acceptors (Lipinski definition) is 6. The van der Waals surface area contributed by atoms with E-state index in [4.69, 9.17) is 44.1 Å². The molecule has 1 aliphatic heterocycles. The third-order valence-corrected chi connectivity index (χ3v) is 6.43. The molecule has 0 saturated carbocycles. The summed E-state index contributed by atoms with van der Waals surface area (Å²) in [6.07, 6.45) is 0.378. The van der Waals surface area contributed by atoms with Gasteiger partial charge in [-0.1, -0.05) is 41.4 Å². The van der Waals surface area contributed by atoms with Crippen molar-refractivity contribution in [1.29, 1.82) is 0 Å². The molecule has 0 radical (unpaired) electrons. The summed E-state index contributed by atoms with van der Waals surface area (Å²) < 4.78 is 10.6. The summed E-state index contributed by atoms with van der Waals surface area (Å²) in [6, 6.07) is 10.3. The zero-order valence-electron chi connectivity index (χ0n) is 18.4. The second-order valence-corrected chi connectivity index (χ2v) is 8.79. The van der Waals surface area contributed by atoms with E-state index in [9.17, 15) is 9.59 Å². The monoisotopic (exact) mass is 494 g/mol. The van der Waals surface area contributed by atoms with Crippen molar-refractivity contribution >= 4 is 40.9 Å². The molecule has 2 aromatic carbocycles.